The molecule has 0 bridgehead atoms. The molecule has 1 unspecified atom stereocenters. The van der Waals surface area contributed by atoms with Gasteiger partial charge in [0.1, 0.15) is 11.5 Å². The molecule has 1 aromatic heterocycles. The van der Waals surface area contributed by atoms with Crippen LogP contribution in [0.25, 0.3) is 0 Å². The zero-order valence-electron chi connectivity index (χ0n) is 12.1. The number of hydrogen-bond acceptors (Lipinski definition) is 4. The lowest BCUT2D eigenvalue weighted by molar-refractivity contribution is 0.273. The molecule has 2 heterocycles. The molecule has 0 aliphatic carbocycles. The number of pyridine rings is 1. The van der Waals surface area contributed by atoms with Gasteiger partial charge in [-0.3, -0.25) is 4.79 Å². The summed E-state index contributed by atoms with van der Waals surface area (Å²) < 4.78 is 12.5. The highest BCUT2D eigenvalue weighted by Crippen LogP contribution is 2.36. The Morgan fingerprint density at radius 1 is 1.33 bits per heavy atom. The molecule has 0 amide bonds. The van der Waals surface area contributed by atoms with Gasteiger partial charge in [0.25, 0.3) is 0 Å². The van der Waals surface area contributed by atoms with Gasteiger partial charge in [-0.25, -0.2) is 0 Å². The van der Waals surface area contributed by atoms with E-state index >= 15 is 0 Å². The topological polar surface area (TPSA) is 52.5 Å². The van der Waals surface area contributed by atoms with E-state index in [-0.39, 0.29) is 11.6 Å². The molecule has 5 heteroatoms. The minimum atomic E-state index is -0.0189. The van der Waals surface area contributed by atoms with Crippen LogP contribution in [0.4, 0.5) is 5.69 Å². The Bertz CT molecular complexity index is 709. The molecule has 1 atom stereocenters. The molecule has 2 aromatic rings. The fourth-order valence-corrected chi connectivity index (χ4v) is 2.53. The molecule has 21 heavy (non-hydrogen) atoms. The summed E-state index contributed by atoms with van der Waals surface area (Å²) in [5, 5.41) is 3.46. The van der Waals surface area contributed by atoms with Crippen molar-refractivity contribution in [2.24, 2.45) is 7.05 Å². The molecule has 0 fully saturated rings. The van der Waals surface area contributed by atoms with E-state index in [4.69, 9.17) is 9.47 Å². The smallest absolute Gasteiger partial charge is 0.250 e. The Kier molecular flexibility index (Phi) is 3.56. The second kappa shape index (κ2) is 5.52. The van der Waals surface area contributed by atoms with Gasteiger partial charge >= 0.3 is 0 Å². The summed E-state index contributed by atoms with van der Waals surface area (Å²) in [6, 6.07) is 9.33. The van der Waals surface area contributed by atoms with Gasteiger partial charge in [0.2, 0.25) is 5.56 Å². The molecule has 0 saturated heterocycles. The number of hydrogen-bond donors (Lipinski definition) is 1. The van der Waals surface area contributed by atoms with Gasteiger partial charge in [-0.1, -0.05) is 0 Å². The highest BCUT2D eigenvalue weighted by atomic mass is 16.5. The number of nitrogens with one attached hydrogen (secondary N) is 1. The van der Waals surface area contributed by atoms with Crippen LogP contribution in [0.3, 0.4) is 0 Å². The summed E-state index contributed by atoms with van der Waals surface area (Å²) in [5.41, 5.74) is 1.97. The van der Waals surface area contributed by atoms with Crippen LogP contribution in [-0.4, -0.2) is 18.3 Å². The van der Waals surface area contributed by atoms with E-state index in [2.05, 4.69) is 5.32 Å². The third kappa shape index (κ3) is 2.72. The van der Waals surface area contributed by atoms with Crippen LogP contribution in [0.1, 0.15) is 18.0 Å². The van der Waals surface area contributed by atoms with Gasteiger partial charge in [-0.2, -0.15) is 0 Å². The summed E-state index contributed by atoms with van der Waals surface area (Å²) in [7, 11) is 3.40. The van der Waals surface area contributed by atoms with E-state index in [9.17, 15) is 4.79 Å². The van der Waals surface area contributed by atoms with Gasteiger partial charge in [-0.15, -0.1) is 0 Å². The van der Waals surface area contributed by atoms with Crippen molar-refractivity contribution in [2.75, 3.05) is 19.0 Å². The van der Waals surface area contributed by atoms with Crippen LogP contribution in [0.15, 0.2) is 41.3 Å². The molecule has 1 aromatic carbocycles. The number of nitrogens with zero attached hydrogens (tertiary/aromatic N) is 1. The van der Waals surface area contributed by atoms with Crippen LogP contribution in [0, 0.1) is 0 Å². The quantitative estimate of drug-likeness (QED) is 0.941. The van der Waals surface area contributed by atoms with Gasteiger partial charge in [0, 0.05) is 31.3 Å². The third-order valence-corrected chi connectivity index (χ3v) is 3.68. The van der Waals surface area contributed by atoms with Crippen molar-refractivity contribution in [1.29, 1.82) is 0 Å². The van der Waals surface area contributed by atoms with Gasteiger partial charge in [-0.05, 0) is 24.3 Å². The molecule has 110 valence electrons. The standard InChI is InChI=1S/C16H18N2O3/c1-18-10-11(3-6-16(18)19)17-14-7-8-21-15-5-4-12(20-2)9-13(14)15/h3-6,9-10,14,17H,7-8H2,1-2H3. The maximum Gasteiger partial charge on any atom is 0.250 e. The van der Waals surface area contributed by atoms with Crippen molar-refractivity contribution in [3.8, 4) is 11.5 Å². The fourth-order valence-electron chi connectivity index (χ4n) is 2.53. The first-order valence-corrected chi connectivity index (χ1v) is 6.91. The summed E-state index contributed by atoms with van der Waals surface area (Å²) >= 11 is 0. The first-order valence-electron chi connectivity index (χ1n) is 6.91. The normalized spacial score (nSPS) is 16.8. The van der Waals surface area contributed by atoms with E-state index in [0.717, 1.165) is 29.2 Å². The third-order valence-electron chi connectivity index (χ3n) is 3.68. The summed E-state index contributed by atoms with van der Waals surface area (Å²) in [4.78, 5) is 11.4. The molecule has 0 saturated carbocycles. The maximum atomic E-state index is 11.4. The summed E-state index contributed by atoms with van der Waals surface area (Å²) in [5.74, 6) is 1.69. The molecule has 1 aliphatic rings. The molecule has 0 radical (unpaired) electrons. The Hall–Kier alpha value is -2.43. The van der Waals surface area contributed by atoms with Crippen molar-refractivity contribution < 1.29 is 9.47 Å². The molecule has 1 N–H and O–H groups in total. The van der Waals surface area contributed by atoms with Crippen LogP contribution in [-0.2, 0) is 7.05 Å². The maximum absolute atomic E-state index is 11.4. The Morgan fingerprint density at radius 2 is 2.19 bits per heavy atom. The molecule has 3 rings (SSSR count). The number of aryl methyl sites for hydroxylation is 1. The van der Waals surface area contributed by atoms with E-state index < -0.39 is 0 Å². The minimum Gasteiger partial charge on any atom is -0.497 e. The van der Waals surface area contributed by atoms with Crippen LogP contribution in [0.5, 0.6) is 11.5 Å². The Morgan fingerprint density at radius 3 is 2.95 bits per heavy atom. The zero-order valence-corrected chi connectivity index (χ0v) is 12.1. The number of aromatic nitrogens is 1. The number of anilines is 1. The van der Waals surface area contributed by atoms with Crippen molar-refractivity contribution in [3.63, 3.8) is 0 Å². The van der Waals surface area contributed by atoms with Crippen molar-refractivity contribution in [1.82, 2.24) is 4.57 Å². The Labute approximate surface area is 123 Å². The van der Waals surface area contributed by atoms with Crippen LogP contribution in [0.2, 0.25) is 0 Å². The molecule has 0 spiro atoms. The predicted molar refractivity (Wildman–Crippen MR) is 81.2 cm³/mol. The SMILES string of the molecule is COc1ccc2c(c1)C(Nc1ccc(=O)n(C)c1)CCO2. The van der Waals surface area contributed by atoms with E-state index in [1.54, 1.807) is 37.1 Å². The lowest BCUT2D eigenvalue weighted by Gasteiger charge is -2.28. The average Bonchev–Trinajstić information content (AvgIpc) is 2.51. The fraction of sp³-hybridized carbons (Fsp3) is 0.312. The van der Waals surface area contributed by atoms with E-state index in [0.29, 0.717) is 6.61 Å². The van der Waals surface area contributed by atoms with Crippen LogP contribution < -0.4 is 20.3 Å². The van der Waals surface area contributed by atoms with E-state index in [1.165, 1.54) is 0 Å². The molecular weight excluding hydrogens is 268 g/mol. The number of fused-ring (bicyclic) bond motifs is 1. The number of ether oxygens (including phenoxy) is 2. The average molecular weight is 286 g/mol. The number of methoxy groups -OCH3 is 1. The van der Waals surface area contributed by atoms with Crippen LogP contribution >= 0.6 is 0 Å². The molecular formula is C16H18N2O3. The second-order valence-corrected chi connectivity index (χ2v) is 5.10. The highest BCUT2D eigenvalue weighted by molar-refractivity contribution is 5.49. The Balaban J connectivity index is 1.90. The molecule has 5 nitrogen and oxygen atoms in total. The van der Waals surface area contributed by atoms with Crippen molar-refractivity contribution in [2.45, 2.75) is 12.5 Å². The molecule has 1 aliphatic heterocycles. The zero-order chi connectivity index (χ0) is 14.8. The first-order chi connectivity index (χ1) is 10.2. The minimum absolute atomic E-state index is 0.0189. The predicted octanol–water partition coefficient (Wildman–Crippen LogP) is 2.33. The first kappa shape index (κ1) is 13.5. The summed E-state index contributed by atoms with van der Waals surface area (Å²) in [6.07, 6.45) is 2.67. The lowest BCUT2D eigenvalue weighted by atomic mass is 10.00. The highest BCUT2D eigenvalue weighted by Gasteiger charge is 2.22. The monoisotopic (exact) mass is 286 g/mol. The van der Waals surface area contributed by atoms with Gasteiger partial charge in [0.15, 0.2) is 0 Å². The van der Waals surface area contributed by atoms with E-state index in [1.807, 2.05) is 18.2 Å². The summed E-state index contributed by atoms with van der Waals surface area (Å²) in [6.45, 7) is 0.669. The van der Waals surface area contributed by atoms with Crippen molar-refractivity contribution >= 4 is 5.69 Å². The second-order valence-electron chi connectivity index (χ2n) is 5.10. The number of benzene rings is 1. The van der Waals surface area contributed by atoms with Gasteiger partial charge < -0.3 is 19.4 Å². The van der Waals surface area contributed by atoms with Gasteiger partial charge in [0.05, 0.1) is 25.4 Å². The van der Waals surface area contributed by atoms with Crippen molar-refractivity contribution in [3.05, 3.63) is 52.4 Å². The number of rotatable bonds is 3. The lowest BCUT2D eigenvalue weighted by Crippen LogP contribution is -2.22. The largest absolute Gasteiger partial charge is 0.497 e.